The number of amides is 1. The van der Waals surface area contributed by atoms with Gasteiger partial charge in [0.25, 0.3) is 5.91 Å². The van der Waals surface area contributed by atoms with Crippen molar-refractivity contribution in [3.8, 4) is 11.3 Å². The van der Waals surface area contributed by atoms with Gasteiger partial charge in [0.05, 0.1) is 5.69 Å². The lowest BCUT2D eigenvalue weighted by molar-refractivity contribution is -0.138. The molecule has 0 spiro atoms. The number of rotatable bonds is 7. The predicted molar refractivity (Wildman–Crippen MR) is 111 cm³/mol. The van der Waals surface area contributed by atoms with E-state index in [2.05, 4.69) is 20.6 Å². The second-order valence-corrected chi connectivity index (χ2v) is 6.64. The second kappa shape index (κ2) is 8.97. The molecule has 0 aliphatic rings. The Morgan fingerprint density at radius 3 is 2.34 bits per heavy atom. The maximum absolute atomic E-state index is 12.6. The highest BCUT2D eigenvalue weighted by atomic mass is 16.4. The van der Waals surface area contributed by atoms with Crippen LogP contribution in [0.15, 0.2) is 60.8 Å². The predicted octanol–water partition coefficient (Wildman–Crippen LogP) is 3.06. The number of carboxylic acids is 1. The summed E-state index contributed by atoms with van der Waals surface area (Å²) in [6, 6.07) is 15.7. The standard InChI is InChI=1S/C22H22N4O3/c1-14-7-6-8-15(2)19(14)20(27)25-18(21(28)29)13-24-22-23-12-11-17(26-22)16-9-4-3-5-10-16/h3-12,18H,13H2,1-2H3,(H,25,27)(H,28,29)(H,23,24,26). The summed E-state index contributed by atoms with van der Waals surface area (Å²) in [7, 11) is 0. The van der Waals surface area contributed by atoms with Crippen molar-refractivity contribution in [1.82, 2.24) is 15.3 Å². The number of carbonyl (C=O) groups excluding carboxylic acids is 1. The Kier molecular flexibility index (Phi) is 6.19. The Morgan fingerprint density at radius 2 is 1.69 bits per heavy atom. The summed E-state index contributed by atoms with van der Waals surface area (Å²) in [5.41, 5.74) is 3.71. The minimum absolute atomic E-state index is 0.0513. The summed E-state index contributed by atoms with van der Waals surface area (Å²) in [4.78, 5) is 32.8. The number of carbonyl (C=O) groups is 2. The van der Waals surface area contributed by atoms with Crippen molar-refractivity contribution in [3.05, 3.63) is 77.5 Å². The van der Waals surface area contributed by atoms with Gasteiger partial charge in [-0.25, -0.2) is 14.8 Å². The van der Waals surface area contributed by atoms with E-state index in [1.165, 1.54) is 0 Å². The number of nitrogens with one attached hydrogen (secondary N) is 2. The van der Waals surface area contributed by atoms with Crippen LogP contribution in [-0.4, -0.2) is 39.5 Å². The SMILES string of the molecule is Cc1cccc(C)c1C(=O)NC(CNc1nccc(-c2ccccc2)n1)C(=O)O. The largest absolute Gasteiger partial charge is 0.480 e. The molecule has 0 saturated carbocycles. The van der Waals surface area contributed by atoms with Crippen LogP contribution in [0.5, 0.6) is 0 Å². The van der Waals surface area contributed by atoms with Crippen LogP contribution in [0.2, 0.25) is 0 Å². The topological polar surface area (TPSA) is 104 Å². The van der Waals surface area contributed by atoms with Crippen LogP contribution in [0, 0.1) is 13.8 Å². The summed E-state index contributed by atoms with van der Waals surface area (Å²) < 4.78 is 0. The van der Waals surface area contributed by atoms with Gasteiger partial charge in [0, 0.05) is 23.9 Å². The molecule has 1 atom stereocenters. The van der Waals surface area contributed by atoms with E-state index >= 15 is 0 Å². The van der Waals surface area contributed by atoms with Gasteiger partial charge in [-0.15, -0.1) is 0 Å². The minimum Gasteiger partial charge on any atom is -0.480 e. The number of carboxylic acid groups (broad SMARTS) is 1. The van der Waals surface area contributed by atoms with Crippen molar-refractivity contribution in [2.24, 2.45) is 0 Å². The first-order valence-electron chi connectivity index (χ1n) is 9.18. The Bertz CT molecular complexity index is 1000. The number of hydrogen-bond donors (Lipinski definition) is 3. The molecule has 0 aliphatic heterocycles. The van der Waals surface area contributed by atoms with Crippen molar-refractivity contribution in [2.45, 2.75) is 19.9 Å². The quantitative estimate of drug-likeness (QED) is 0.573. The van der Waals surface area contributed by atoms with Crippen LogP contribution < -0.4 is 10.6 Å². The molecule has 0 aliphatic carbocycles. The minimum atomic E-state index is -1.14. The molecule has 0 fully saturated rings. The van der Waals surface area contributed by atoms with Gasteiger partial charge in [0.15, 0.2) is 0 Å². The maximum Gasteiger partial charge on any atom is 0.328 e. The molecule has 1 aromatic heterocycles. The van der Waals surface area contributed by atoms with Gasteiger partial charge in [0.1, 0.15) is 6.04 Å². The van der Waals surface area contributed by atoms with Gasteiger partial charge in [-0.3, -0.25) is 4.79 Å². The Hall–Kier alpha value is -3.74. The summed E-state index contributed by atoms with van der Waals surface area (Å²) in [5, 5.41) is 15.0. The zero-order valence-corrected chi connectivity index (χ0v) is 16.2. The molecule has 1 unspecified atom stereocenters. The van der Waals surface area contributed by atoms with E-state index in [0.717, 1.165) is 22.4 Å². The van der Waals surface area contributed by atoms with Crippen molar-refractivity contribution >= 4 is 17.8 Å². The normalized spacial score (nSPS) is 11.5. The molecule has 3 aromatic rings. The first kappa shape index (κ1) is 20.0. The molecule has 0 bridgehead atoms. The lowest BCUT2D eigenvalue weighted by Gasteiger charge is -2.17. The van der Waals surface area contributed by atoms with Gasteiger partial charge < -0.3 is 15.7 Å². The Balaban J connectivity index is 1.71. The average molecular weight is 390 g/mol. The number of hydrogen-bond acceptors (Lipinski definition) is 5. The van der Waals surface area contributed by atoms with Crippen LogP contribution in [0.25, 0.3) is 11.3 Å². The Morgan fingerprint density at radius 1 is 1.00 bits per heavy atom. The molecule has 1 heterocycles. The van der Waals surface area contributed by atoms with Crippen LogP contribution in [0.4, 0.5) is 5.95 Å². The van der Waals surface area contributed by atoms with Crippen LogP contribution >= 0.6 is 0 Å². The third-order valence-electron chi connectivity index (χ3n) is 4.50. The van der Waals surface area contributed by atoms with Gasteiger partial charge in [-0.1, -0.05) is 48.5 Å². The molecule has 2 aromatic carbocycles. The molecule has 0 radical (unpaired) electrons. The molecule has 148 valence electrons. The van der Waals surface area contributed by atoms with E-state index in [0.29, 0.717) is 11.5 Å². The molecule has 3 N–H and O–H groups in total. The fourth-order valence-corrected chi connectivity index (χ4v) is 3.01. The van der Waals surface area contributed by atoms with Crippen LogP contribution in [0.3, 0.4) is 0 Å². The summed E-state index contributed by atoms with van der Waals surface area (Å²) in [5.74, 6) is -1.27. The van der Waals surface area contributed by atoms with Gasteiger partial charge in [-0.2, -0.15) is 0 Å². The first-order valence-corrected chi connectivity index (χ1v) is 9.18. The zero-order valence-electron chi connectivity index (χ0n) is 16.2. The number of aryl methyl sites for hydroxylation is 2. The fourth-order valence-electron chi connectivity index (χ4n) is 3.01. The molecule has 1 amide bonds. The van der Waals surface area contributed by atoms with Crippen molar-refractivity contribution in [3.63, 3.8) is 0 Å². The van der Waals surface area contributed by atoms with E-state index in [1.54, 1.807) is 12.3 Å². The lowest BCUT2D eigenvalue weighted by atomic mass is 10.0. The van der Waals surface area contributed by atoms with E-state index in [1.807, 2.05) is 62.4 Å². The summed E-state index contributed by atoms with van der Waals surface area (Å²) in [6.45, 7) is 3.59. The number of nitrogens with zero attached hydrogens (tertiary/aromatic N) is 2. The number of anilines is 1. The average Bonchev–Trinajstić information content (AvgIpc) is 2.71. The fraction of sp³-hybridized carbons (Fsp3) is 0.182. The number of benzene rings is 2. The maximum atomic E-state index is 12.6. The van der Waals surface area contributed by atoms with Crippen molar-refractivity contribution in [1.29, 1.82) is 0 Å². The third kappa shape index (κ3) is 4.95. The number of aromatic nitrogens is 2. The summed E-state index contributed by atoms with van der Waals surface area (Å²) in [6.07, 6.45) is 1.60. The highest BCUT2D eigenvalue weighted by Crippen LogP contribution is 2.17. The molecule has 7 nitrogen and oxygen atoms in total. The van der Waals surface area contributed by atoms with E-state index in [-0.39, 0.29) is 6.54 Å². The van der Waals surface area contributed by atoms with E-state index in [9.17, 15) is 14.7 Å². The van der Waals surface area contributed by atoms with Gasteiger partial charge in [0.2, 0.25) is 5.95 Å². The van der Waals surface area contributed by atoms with Crippen molar-refractivity contribution < 1.29 is 14.7 Å². The lowest BCUT2D eigenvalue weighted by Crippen LogP contribution is -2.45. The van der Waals surface area contributed by atoms with E-state index in [4.69, 9.17) is 0 Å². The Labute approximate surface area is 168 Å². The smallest absolute Gasteiger partial charge is 0.328 e. The monoisotopic (exact) mass is 390 g/mol. The molecular formula is C22H22N4O3. The van der Waals surface area contributed by atoms with Crippen LogP contribution in [-0.2, 0) is 4.79 Å². The first-order chi connectivity index (χ1) is 14.0. The zero-order chi connectivity index (χ0) is 20.8. The van der Waals surface area contributed by atoms with Gasteiger partial charge >= 0.3 is 5.97 Å². The van der Waals surface area contributed by atoms with Crippen LogP contribution in [0.1, 0.15) is 21.5 Å². The molecule has 3 rings (SSSR count). The molecule has 29 heavy (non-hydrogen) atoms. The summed E-state index contributed by atoms with van der Waals surface area (Å²) >= 11 is 0. The second-order valence-electron chi connectivity index (χ2n) is 6.64. The molecular weight excluding hydrogens is 368 g/mol. The van der Waals surface area contributed by atoms with Crippen molar-refractivity contribution in [2.75, 3.05) is 11.9 Å². The highest BCUT2D eigenvalue weighted by Gasteiger charge is 2.22. The van der Waals surface area contributed by atoms with E-state index < -0.39 is 17.9 Å². The molecule has 7 heteroatoms. The third-order valence-corrected chi connectivity index (χ3v) is 4.50. The number of aliphatic carboxylic acids is 1. The molecule has 0 saturated heterocycles. The highest BCUT2D eigenvalue weighted by molar-refractivity contribution is 5.99. The van der Waals surface area contributed by atoms with Gasteiger partial charge in [-0.05, 0) is 31.0 Å².